The van der Waals surface area contributed by atoms with Crippen LogP contribution in [-0.2, 0) is 12.8 Å². The van der Waals surface area contributed by atoms with Gasteiger partial charge in [0, 0.05) is 13.0 Å². The third-order valence-electron chi connectivity index (χ3n) is 2.80. The molecule has 0 aliphatic carbocycles. The highest BCUT2D eigenvalue weighted by Crippen LogP contribution is 2.41. The van der Waals surface area contributed by atoms with Crippen molar-refractivity contribution >= 4 is 11.6 Å². The molecular formula is C13H17ClO2. The van der Waals surface area contributed by atoms with Crippen molar-refractivity contribution in [2.45, 2.75) is 38.7 Å². The number of aliphatic hydroxyl groups is 1. The molecule has 3 heteroatoms. The molecule has 16 heavy (non-hydrogen) atoms. The van der Waals surface area contributed by atoms with Crippen LogP contribution in [0, 0.1) is 0 Å². The van der Waals surface area contributed by atoms with Crippen LogP contribution in [0.25, 0.3) is 0 Å². The third kappa shape index (κ3) is 2.33. The molecule has 0 radical (unpaired) electrons. The van der Waals surface area contributed by atoms with Gasteiger partial charge in [-0.3, -0.25) is 0 Å². The lowest BCUT2D eigenvalue weighted by atomic mass is 9.99. The standard InChI is InChI=1S/C13H17ClO2/c1-13(2)8-10-6-9(4-3-5-15)7-11(14)12(10)16-13/h6-7,15H,3-5,8H2,1-2H3. The van der Waals surface area contributed by atoms with Gasteiger partial charge in [-0.1, -0.05) is 17.7 Å². The molecule has 1 aliphatic heterocycles. The molecule has 1 aromatic rings. The predicted molar refractivity (Wildman–Crippen MR) is 65.3 cm³/mol. The second kappa shape index (κ2) is 4.27. The number of ether oxygens (including phenoxy) is 1. The maximum atomic E-state index is 8.82. The molecular weight excluding hydrogens is 224 g/mol. The van der Waals surface area contributed by atoms with E-state index in [1.54, 1.807) is 0 Å². The number of aliphatic hydroxyl groups excluding tert-OH is 1. The van der Waals surface area contributed by atoms with Crippen LogP contribution >= 0.6 is 11.6 Å². The Morgan fingerprint density at radius 1 is 1.44 bits per heavy atom. The molecule has 0 saturated carbocycles. The second-order valence-corrected chi connectivity index (χ2v) is 5.34. The van der Waals surface area contributed by atoms with E-state index >= 15 is 0 Å². The minimum Gasteiger partial charge on any atom is -0.486 e. The van der Waals surface area contributed by atoms with E-state index in [1.807, 2.05) is 6.07 Å². The van der Waals surface area contributed by atoms with Crippen LogP contribution in [0.3, 0.4) is 0 Å². The molecule has 0 atom stereocenters. The predicted octanol–water partition coefficient (Wildman–Crippen LogP) is 2.98. The molecule has 1 aliphatic rings. The summed E-state index contributed by atoms with van der Waals surface area (Å²) in [5, 5.41) is 9.51. The maximum absolute atomic E-state index is 8.82. The molecule has 2 nitrogen and oxygen atoms in total. The van der Waals surface area contributed by atoms with E-state index in [4.69, 9.17) is 21.4 Å². The third-order valence-corrected chi connectivity index (χ3v) is 3.08. The molecule has 1 heterocycles. The van der Waals surface area contributed by atoms with Crippen molar-refractivity contribution in [2.24, 2.45) is 0 Å². The Bertz CT molecular complexity index is 399. The number of halogens is 1. The number of rotatable bonds is 3. The Morgan fingerprint density at radius 2 is 2.19 bits per heavy atom. The Morgan fingerprint density at radius 3 is 2.88 bits per heavy atom. The summed E-state index contributed by atoms with van der Waals surface area (Å²) in [6.45, 7) is 4.35. The van der Waals surface area contributed by atoms with E-state index in [1.165, 1.54) is 11.1 Å². The molecule has 0 unspecified atom stereocenters. The van der Waals surface area contributed by atoms with Crippen LogP contribution in [0.5, 0.6) is 5.75 Å². The van der Waals surface area contributed by atoms with Gasteiger partial charge in [0.1, 0.15) is 11.4 Å². The number of fused-ring (bicyclic) bond motifs is 1. The average Bonchev–Trinajstić information content (AvgIpc) is 2.50. The second-order valence-electron chi connectivity index (χ2n) is 4.93. The Kier molecular flexibility index (Phi) is 3.13. The topological polar surface area (TPSA) is 29.5 Å². The molecule has 0 amide bonds. The molecule has 2 rings (SSSR count). The highest BCUT2D eigenvalue weighted by molar-refractivity contribution is 6.32. The summed E-state index contributed by atoms with van der Waals surface area (Å²) in [7, 11) is 0. The number of benzene rings is 1. The van der Waals surface area contributed by atoms with Gasteiger partial charge in [-0.2, -0.15) is 0 Å². The van der Waals surface area contributed by atoms with E-state index < -0.39 is 0 Å². The normalized spacial score (nSPS) is 17.0. The minimum atomic E-state index is -0.151. The van der Waals surface area contributed by atoms with Gasteiger partial charge in [0.25, 0.3) is 0 Å². The van der Waals surface area contributed by atoms with Crippen LogP contribution in [0.15, 0.2) is 12.1 Å². The quantitative estimate of drug-likeness (QED) is 0.880. The van der Waals surface area contributed by atoms with Gasteiger partial charge in [0.05, 0.1) is 5.02 Å². The first-order valence-corrected chi connectivity index (χ1v) is 6.01. The summed E-state index contributed by atoms with van der Waals surface area (Å²) in [4.78, 5) is 0. The zero-order valence-electron chi connectivity index (χ0n) is 9.72. The van der Waals surface area contributed by atoms with Crippen molar-refractivity contribution < 1.29 is 9.84 Å². The highest BCUT2D eigenvalue weighted by Gasteiger charge is 2.31. The molecule has 1 N–H and O–H groups in total. The van der Waals surface area contributed by atoms with Crippen LogP contribution in [-0.4, -0.2) is 17.3 Å². The van der Waals surface area contributed by atoms with Crippen molar-refractivity contribution in [3.63, 3.8) is 0 Å². The van der Waals surface area contributed by atoms with Crippen LogP contribution < -0.4 is 4.74 Å². The van der Waals surface area contributed by atoms with E-state index in [-0.39, 0.29) is 12.2 Å². The SMILES string of the molecule is CC1(C)Cc2cc(CCCO)cc(Cl)c2O1. The molecule has 88 valence electrons. The lowest BCUT2D eigenvalue weighted by molar-refractivity contribution is 0.138. The number of aryl methyl sites for hydroxylation is 1. The molecule has 0 aromatic heterocycles. The van der Waals surface area contributed by atoms with Gasteiger partial charge in [0.2, 0.25) is 0 Å². The number of hydrogen-bond acceptors (Lipinski definition) is 2. The van der Waals surface area contributed by atoms with Crippen LogP contribution in [0.2, 0.25) is 5.02 Å². The van der Waals surface area contributed by atoms with E-state index in [0.717, 1.165) is 25.0 Å². The van der Waals surface area contributed by atoms with E-state index in [2.05, 4.69) is 19.9 Å². The molecule has 1 aromatic carbocycles. The first-order valence-electron chi connectivity index (χ1n) is 5.63. The Hall–Kier alpha value is -0.730. The van der Waals surface area contributed by atoms with Gasteiger partial charge in [-0.05, 0) is 43.9 Å². The fourth-order valence-corrected chi connectivity index (χ4v) is 2.46. The van der Waals surface area contributed by atoms with Crippen molar-refractivity contribution in [3.05, 3.63) is 28.3 Å². The lowest BCUT2D eigenvalue weighted by Gasteiger charge is -2.17. The van der Waals surface area contributed by atoms with Gasteiger partial charge in [0.15, 0.2) is 0 Å². The molecule has 0 fully saturated rings. The number of hydrogen-bond donors (Lipinski definition) is 1. The maximum Gasteiger partial charge on any atom is 0.142 e. The van der Waals surface area contributed by atoms with Crippen LogP contribution in [0.1, 0.15) is 31.4 Å². The lowest BCUT2D eigenvalue weighted by Crippen LogP contribution is -2.24. The first-order chi connectivity index (χ1) is 7.52. The van der Waals surface area contributed by atoms with Crippen molar-refractivity contribution in [3.8, 4) is 5.75 Å². The van der Waals surface area contributed by atoms with Crippen LogP contribution in [0.4, 0.5) is 0 Å². The average molecular weight is 241 g/mol. The zero-order valence-corrected chi connectivity index (χ0v) is 10.5. The molecule has 0 spiro atoms. The monoisotopic (exact) mass is 240 g/mol. The van der Waals surface area contributed by atoms with E-state index in [9.17, 15) is 0 Å². The molecule has 0 saturated heterocycles. The molecule has 0 bridgehead atoms. The highest BCUT2D eigenvalue weighted by atomic mass is 35.5. The van der Waals surface area contributed by atoms with Crippen molar-refractivity contribution in [2.75, 3.05) is 6.61 Å². The largest absolute Gasteiger partial charge is 0.486 e. The Balaban J connectivity index is 2.27. The van der Waals surface area contributed by atoms with Gasteiger partial charge in [-0.15, -0.1) is 0 Å². The summed E-state index contributed by atoms with van der Waals surface area (Å²) in [5.74, 6) is 0.833. The fourth-order valence-electron chi connectivity index (χ4n) is 2.16. The Labute approximate surface area is 101 Å². The summed E-state index contributed by atoms with van der Waals surface area (Å²) < 4.78 is 5.80. The zero-order chi connectivity index (χ0) is 11.8. The first kappa shape index (κ1) is 11.7. The smallest absolute Gasteiger partial charge is 0.142 e. The van der Waals surface area contributed by atoms with Crippen molar-refractivity contribution in [1.29, 1.82) is 0 Å². The minimum absolute atomic E-state index is 0.151. The summed E-state index contributed by atoms with van der Waals surface area (Å²) in [6.07, 6.45) is 2.54. The van der Waals surface area contributed by atoms with Gasteiger partial charge >= 0.3 is 0 Å². The summed E-state index contributed by atoms with van der Waals surface area (Å²) in [6, 6.07) is 4.09. The van der Waals surface area contributed by atoms with E-state index in [0.29, 0.717) is 5.02 Å². The van der Waals surface area contributed by atoms with Crippen molar-refractivity contribution in [1.82, 2.24) is 0 Å². The fraction of sp³-hybridized carbons (Fsp3) is 0.538. The summed E-state index contributed by atoms with van der Waals surface area (Å²) in [5.41, 5.74) is 2.21. The summed E-state index contributed by atoms with van der Waals surface area (Å²) >= 11 is 6.19. The van der Waals surface area contributed by atoms with Gasteiger partial charge in [-0.25, -0.2) is 0 Å². The van der Waals surface area contributed by atoms with Gasteiger partial charge < -0.3 is 9.84 Å².